The van der Waals surface area contributed by atoms with E-state index in [0.717, 1.165) is 0 Å². The highest BCUT2D eigenvalue weighted by atomic mass is 16.3. The first-order valence-corrected chi connectivity index (χ1v) is 4.28. The van der Waals surface area contributed by atoms with Gasteiger partial charge in [0.25, 0.3) is 5.91 Å². The number of pyridine rings is 1. The minimum Gasteiger partial charge on any atom is -0.505 e. The van der Waals surface area contributed by atoms with Crippen LogP contribution in [0.15, 0.2) is 18.5 Å². The molecule has 14 heavy (non-hydrogen) atoms. The molecule has 1 heterocycles. The Labute approximate surface area is 82.0 Å². The number of hydrogen-bond acceptors (Lipinski definition) is 4. The number of amides is 1. The summed E-state index contributed by atoms with van der Waals surface area (Å²) >= 11 is 0. The summed E-state index contributed by atoms with van der Waals surface area (Å²) in [6, 6.07) is 1.34. The summed E-state index contributed by atoms with van der Waals surface area (Å²) in [6.45, 7) is 2.16. The Morgan fingerprint density at radius 1 is 1.79 bits per heavy atom. The van der Waals surface area contributed by atoms with Crippen LogP contribution in [0.4, 0.5) is 0 Å². The summed E-state index contributed by atoms with van der Waals surface area (Å²) in [5, 5.41) is 11.9. The average molecular weight is 195 g/mol. The highest BCUT2D eigenvalue weighted by Gasteiger charge is 2.09. The van der Waals surface area contributed by atoms with Gasteiger partial charge in [-0.15, -0.1) is 0 Å². The summed E-state index contributed by atoms with van der Waals surface area (Å²) < 4.78 is 0. The van der Waals surface area contributed by atoms with E-state index >= 15 is 0 Å². The molecule has 1 atom stereocenters. The van der Waals surface area contributed by atoms with E-state index in [1.165, 1.54) is 18.5 Å². The zero-order valence-corrected chi connectivity index (χ0v) is 7.90. The number of aromatic nitrogens is 1. The van der Waals surface area contributed by atoms with Crippen molar-refractivity contribution in [1.29, 1.82) is 0 Å². The van der Waals surface area contributed by atoms with E-state index in [4.69, 9.17) is 5.73 Å². The molecule has 0 bridgehead atoms. The number of rotatable bonds is 3. The summed E-state index contributed by atoms with van der Waals surface area (Å²) in [7, 11) is 0. The maximum absolute atomic E-state index is 11.4. The van der Waals surface area contributed by atoms with Crippen LogP contribution in [0.2, 0.25) is 0 Å². The Morgan fingerprint density at radius 2 is 2.50 bits per heavy atom. The molecular weight excluding hydrogens is 182 g/mol. The van der Waals surface area contributed by atoms with Gasteiger partial charge in [-0.2, -0.15) is 0 Å². The van der Waals surface area contributed by atoms with Gasteiger partial charge < -0.3 is 16.2 Å². The quantitative estimate of drug-likeness (QED) is 0.626. The van der Waals surface area contributed by atoms with E-state index in [-0.39, 0.29) is 23.3 Å². The molecule has 0 saturated heterocycles. The number of nitrogens with two attached hydrogens (primary N) is 1. The summed E-state index contributed by atoms with van der Waals surface area (Å²) in [4.78, 5) is 15.1. The lowest BCUT2D eigenvalue weighted by Gasteiger charge is -2.08. The largest absolute Gasteiger partial charge is 0.505 e. The summed E-state index contributed by atoms with van der Waals surface area (Å²) in [5.41, 5.74) is 5.68. The maximum atomic E-state index is 11.4. The SMILES string of the molecule is CC(N)CNC(=O)c1ccncc1O. The monoisotopic (exact) mass is 195 g/mol. The fourth-order valence-corrected chi connectivity index (χ4v) is 0.927. The minimum absolute atomic E-state index is 0.108. The fraction of sp³-hybridized carbons (Fsp3) is 0.333. The molecule has 0 spiro atoms. The van der Waals surface area contributed by atoms with E-state index in [1.807, 2.05) is 0 Å². The van der Waals surface area contributed by atoms with Gasteiger partial charge >= 0.3 is 0 Å². The number of nitrogens with one attached hydrogen (secondary N) is 1. The molecule has 5 heteroatoms. The predicted molar refractivity (Wildman–Crippen MR) is 51.9 cm³/mol. The second kappa shape index (κ2) is 4.57. The third kappa shape index (κ3) is 2.70. The zero-order chi connectivity index (χ0) is 10.6. The lowest BCUT2D eigenvalue weighted by Crippen LogP contribution is -2.35. The Balaban J connectivity index is 2.65. The molecule has 1 rings (SSSR count). The van der Waals surface area contributed by atoms with E-state index in [1.54, 1.807) is 6.92 Å². The average Bonchev–Trinajstić information content (AvgIpc) is 2.15. The maximum Gasteiger partial charge on any atom is 0.255 e. The van der Waals surface area contributed by atoms with Gasteiger partial charge in [-0.3, -0.25) is 9.78 Å². The molecule has 0 saturated carbocycles. The van der Waals surface area contributed by atoms with Gasteiger partial charge in [0.15, 0.2) is 0 Å². The van der Waals surface area contributed by atoms with Gasteiger partial charge in [-0.05, 0) is 13.0 Å². The smallest absolute Gasteiger partial charge is 0.255 e. The Bertz CT molecular complexity index is 326. The highest BCUT2D eigenvalue weighted by Crippen LogP contribution is 2.12. The highest BCUT2D eigenvalue weighted by molar-refractivity contribution is 5.96. The molecule has 0 radical (unpaired) electrons. The van der Waals surface area contributed by atoms with Crippen LogP contribution in [-0.4, -0.2) is 28.6 Å². The Kier molecular flexibility index (Phi) is 3.41. The van der Waals surface area contributed by atoms with Crippen LogP contribution in [0.3, 0.4) is 0 Å². The number of aromatic hydroxyl groups is 1. The lowest BCUT2D eigenvalue weighted by molar-refractivity contribution is 0.0949. The number of hydrogen-bond donors (Lipinski definition) is 3. The van der Waals surface area contributed by atoms with Crippen molar-refractivity contribution < 1.29 is 9.90 Å². The van der Waals surface area contributed by atoms with Crippen molar-refractivity contribution in [1.82, 2.24) is 10.3 Å². The lowest BCUT2D eigenvalue weighted by atomic mass is 10.2. The van der Waals surface area contributed by atoms with Crippen LogP contribution in [0.25, 0.3) is 0 Å². The summed E-state index contributed by atoms with van der Waals surface area (Å²) in [6.07, 6.45) is 2.67. The topological polar surface area (TPSA) is 88.2 Å². The molecule has 4 N–H and O–H groups in total. The van der Waals surface area contributed by atoms with Crippen LogP contribution < -0.4 is 11.1 Å². The molecule has 0 aromatic carbocycles. The van der Waals surface area contributed by atoms with Gasteiger partial charge in [0, 0.05) is 18.8 Å². The Hall–Kier alpha value is -1.62. The zero-order valence-electron chi connectivity index (χ0n) is 7.90. The van der Waals surface area contributed by atoms with Gasteiger partial charge in [-0.1, -0.05) is 0 Å². The first-order valence-electron chi connectivity index (χ1n) is 4.28. The van der Waals surface area contributed by atoms with Crippen LogP contribution in [-0.2, 0) is 0 Å². The van der Waals surface area contributed by atoms with Crippen molar-refractivity contribution in [3.63, 3.8) is 0 Å². The molecule has 0 aliphatic heterocycles. The molecule has 0 fully saturated rings. The first-order chi connectivity index (χ1) is 6.61. The van der Waals surface area contributed by atoms with Crippen LogP contribution in [0, 0.1) is 0 Å². The van der Waals surface area contributed by atoms with Gasteiger partial charge in [0.2, 0.25) is 0 Å². The molecule has 1 aromatic rings. The minimum atomic E-state index is -0.345. The van der Waals surface area contributed by atoms with Crippen LogP contribution >= 0.6 is 0 Å². The van der Waals surface area contributed by atoms with Gasteiger partial charge in [0.1, 0.15) is 5.75 Å². The third-order valence-corrected chi connectivity index (χ3v) is 1.63. The predicted octanol–water partition coefficient (Wildman–Crippen LogP) is -0.136. The fourth-order valence-electron chi connectivity index (χ4n) is 0.927. The van der Waals surface area contributed by atoms with E-state index in [9.17, 15) is 9.90 Å². The molecule has 5 nitrogen and oxygen atoms in total. The molecule has 1 amide bonds. The number of nitrogens with zero attached hydrogens (tertiary/aromatic N) is 1. The van der Waals surface area contributed by atoms with Crippen molar-refractivity contribution in [2.24, 2.45) is 5.73 Å². The molecular formula is C9H13N3O2. The van der Waals surface area contributed by atoms with Crippen molar-refractivity contribution in [3.8, 4) is 5.75 Å². The molecule has 76 valence electrons. The van der Waals surface area contributed by atoms with E-state index in [0.29, 0.717) is 6.54 Å². The summed E-state index contributed by atoms with van der Waals surface area (Å²) in [5.74, 6) is -0.475. The van der Waals surface area contributed by atoms with Crippen molar-refractivity contribution in [2.75, 3.05) is 6.54 Å². The second-order valence-electron chi connectivity index (χ2n) is 3.08. The number of carbonyl (C=O) groups excluding carboxylic acids is 1. The first kappa shape index (κ1) is 10.5. The van der Waals surface area contributed by atoms with Gasteiger partial charge in [-0.25, -0.2) is 0 Å². The van der Waals surface area contributed by atoms with E-state index in [2.05, 4.69) is 10.3 Å². The number of carbonyl (C=O) groups is 1. The van der Waals surface area contributed by atoms with Gasteiger partial charge in [0.05, 0.1) is 11.8 Å². The standard InChI is InChI=1S/C9H13N3O2/c1-6(10)4-12-9(14)7-2-3-11-5-8(7)13/h2-3,5-6,13H,4,10H2,1H3,(H,12,14). The third-order valence-electron chi connectivity index (χ3n) is 1.63. The molecule has 1 aromatic heterocycles. The van der Waals surface area contributed by atoms with Crippen LogP contribution in [0.5, 0.6) is 5.75 Å². The van der Waals surface area contributed by atoms with Crippen LogP contribution in [0.1, 0.15) is 17.3 Å². The Morgan fingerprint density at radius 3 is 3.07 bits per heavy atom. The van der Waals surface area contributed by atoms with Crippen molar-refractivity contribution >= 4 is 5.91 Å². The normalized spacial score (nSPS) is 12.1. The van der Waals surface area contributed by atoms with E-state index < -0.39 is 0 Å². The van der Waals surface area contributed by atoms with Crippen molar-refractivity contribution in [2.45, 2.75) is 13.0 Å². The second-order valence-corrected chi connectivity index (χ2v) is 3.08. The molecule has 0 aliphatic rings. The molecule has 1 unspecified atom stereocenters. The van der Waals surface area contributed by atoms with Crippen molar-refractivity contribution in [3.05, 3.63) is 24.0 Å². The molecule has 0 aliphatic carbocycles.